The van der Waals surface area contributed by atoms with Crippen LogP contribution in [0.1, 0.15) is 33.3 Å². The zero-order chi connectivity index (χ0) is 20.4. The van der Waals surface area contributed by atoms with E-state index in [1.54, 1.807) is 20.3 Å². The quantitative estimate of drug-likeness (QED) is 0.548. The lowest BCUT2D eigenvalue weighted by Gasteiger charge is -2.22. The third-order valence-corrected chi connectivity index (χ3v) is 6.04. The van der Waals surface area contributed by atoms with Gasteiger partial charge < -0.3 is 9.47 Å². The number of carbonyl (C=O) groups is 1. The minimum absolute atomic E-state index is 0.146. The molecular formula is C22H19ClN2O3S. The molecule has 0 saturated heterocycles. The lowest BCUT2D eigenvalue weighted by Crippen LogP contribution is -2.26. The summed E-state index contributed by atoms with van der Waals surface area (Å²) in [6.45, 7) is 0. The molecule has 0 unspecified atom stereocenters. The predicted octanol–water partition coefficient (Wildman–Crippen LogP) is 5.41. The van der Waals surface area contributed by atoms with Crippen LogP contribution in [0.25, 0.3) is 0 Å². The van der Waals surface area contributed by atoms with Crippen LogP contribution in [-0.2, 0) is 0 Å². The summed E-state index contributed by atoms with van der Waals surface area (Å²) in [5.41, 5.74) is 2.46. The van der Waals surface area contributed by atoms with Crippen LogP contribution in [0.5, 0.6) is 11.5 Å². The zero-order valence-corrected chi connectivity index (χ0v) is 17.5. The number of nitrogens with zero attached hydrogens (tertiary/aromatic N) is 2. The van der Waals surface area contributed by atoms with Crippen molar-refractivity contribution in [2.24, 2.45) is 5.10 Å². The molecule has 0 bridgehead atoms. The van der Waals surface area contributed by atoms with Gasteiger partial charge in [-0.2, -0.15) is 5.10 Å². The largest absolute Gasteiger partial charge is 0.497 e. The van der Waals surface area contributed by atoms with Crippen molar-refractivity contribution in [3.63, 3.8) is 0 Å². The monoisotopic (exact) mass is 426 g/mol. The highest BCUT2D eigenvalue weighted by molar-refractivity contribution is 7.12. The molecule has 2 aromatic carbocycles. The zero-order valence-electron chi connectivity index (χ0n) is 16.0. The minimum atomic E-state index is -0.292. The lowest BCUT2D eigenvalue weighted by atomic mass is 9.97. The summed E-state index contributed by atoms with van der Waals surface area (Å²) in [6, 6.07) is 16.5. The first kappa shape index (κ1) is 19.5. The Morgan fingerprint density at radius 2 is 1.97 bits per heavy atom. The Morgan fingerprint density at radius 3 is 2.66 bits per heavy atom. The number of carbonyl (C=O) groups excluding carboxylic acids is 1. The maximum atomic E-state index is 13.2. The molecule has 1 atom stereocenters. The Bertz CT molecular complexity index is 1070. The number of thiophene rings is 1. The van der Waals surface area contributed by atoms with Crippen LogP contribution in [-0.4, -0.2) is 30.8 Å². The molecule has 0 spiro atoms. The van der Waals surface area contributed by atoms with Gasteiger partial charge in [0, 0.05) is 23.1 Å². The number of rotatable bonds is 5. The molecule has 1 aliphatic heterocycles. The van der Waals surface area contributed by atoms with E-state index in [4.69, 9.17) is 26.2 Å². The second-order valence-electron chi connectivity index (χ2n) is 6.48. The standard InChI is InChI=1S/C22H19ClN2O3S/c1-27-14-9-10-16(20(12-14)28-2)18-13-19(15-6-3-4-7-17(15)23)25(24-18)22(26)21-8-5-11-29-21/h3-12,19H,13H2,1-2H3/t19-/m0/s1. The first-order chi connectivity index (χ1) is 14.1. The van der Waals surface area contributed by atoms with Crippen molar-refractivity contribution in [2.45, 2.75) is 12.5 Å². The van der Waals surface area contributed by atoms with Gasteiger partial charge in [-0.15, -0.1) is 11.3 Å². The van der Waals surface area contributed by atoms with Crippen molar-refractivity contribution in [2.75, 3.05) is 14.2 Å². The van der Waals surface area contributed by atoms with Crippen LogP contribution in [0.2, 0.25) is 5.02 Å². The van der Waals surface area contributed by atoms with Crippen LogP contribution in [0, 0.1) is 0 Å². The third-order valence-electron chi connectivity index (χ3n) is 4.83. The van der Waals surface area contributed by atoms with Gasteiger partial charge in [0.1, 0.15) is 11.5 Å². The van der Waals surface area contributed by atoms with E-state index < -0.39 is 0 Å². The van der Waals surface area contributed by atoms with Gasteiger partial charge in [0.2, 0.25) is 0 Å². The van der Waals surface area contributed by atoms with Gasteiger partial charge in [0.15, 0.2) is 0 Å². The molecular weight excluding hydrogens is 408 g/mol. The fourth-order valence-electron chi connectivity index (χ4n) is 3.40. The number of halogens is 1. The normalized spacial score (nSPS) is 15.9. The average Bonchev–Trinajstić information content (AvgIpc) is 3.43. The molecule has 29 heavy (non-hydrogen) atoms. The molecule has 0 aliphatic carbocycles. The summed E-state index contributed by atoms with van der Waals surface area (Å²) >= 11 is 7.86. The molecule has 0 fully saturated rings. The highest BCUT2D eigenvalue weighted by Gasteiger charge is 2.35. The Kier molecular flexibility index (Phi) is 5.56. The summed E-state index contributed by atoms with van der Waals surface area (Å²) in [4.78, 5) is 13.8. The summed E-state index contributed by atoms with van der Waals surface area (Å²) in [6.07, 6.45) is 0.531. The Hall–Kier alpha value is -2.83. The molecule has 7 heteroatoms. The van der Waals surface area contributed by atoms with Gasteiger partial charge in [0.25, 0.3) is 5.91 Å². The third kappa shape index (κ3) is 3.73. The Balaban J connectivity index is 1.77. The van der Waals surface area contributed by atoms with Gasteiger partial charge in [0.05, 0.1) is 30.9 Å². The van der Waals surface area contributed by atoms with Crippen molar-refractivity contribution in [3.8, 4) is 11.5 Å². The number of hydrazone groups is 1. The first-order valence-corrected chi connectivity index (χ1v) is 10.3. The van der Waals surface area contributed by atoms with Gasteiger partial charge in [-0.05, 0) is 35.2 Å². The van der Waals surface area contributed by atoms with Crippen molar-refractivity contribution >= 4 is 34.6 Å². The van der Waals surface area contributed by atoms with Crippen LogP contribution in [0.15, 0.2) is 65.1 Å². The first-order valence-electron chi connectivity index (χ1n) is 9.03. The highest BCUT2D eigenvalue weighted by atomic mass is 35.5. The van der Waals surface area contributed by atoms with E-state index in [0.717, 1.165) is 16.8 Å². The maximum absolute atomic E-state index is 13.2. The fraction of sp³-hybridized carbons (Fsp3) is 0.182. The number of benzene rings is 2. The number of hydrogen-bond acceptors (Lipinski definition) is 5. The maximum Gasteiger partial charge on any atom is 0.284 e. The van der Waals surface area contributed by atoms with E-state index in [1.165, 1.54) is 16.3 Å². The van der Waals surface area contributed by atoms with Crippen LogP contribution >= 0.6 is 22.9 Å². The molecule has 148 valence electrons. The topological polar surface area (TPSA) is 51.1 Å². The molecule has 3 aromatic rings. The molecule has 1 aliphatic rings. The van der Waals surface area contributed by atoms with Crippen LogP contribution in [0.4, 0.5) is 0 Å². The van der Waals surface area contributed by atoms with Gasteiger partial charge in [-0.3, -0.25) is 4.79 Å². The van der Waals surface area contributed by atoms with Crippen LogP contribution < -0.4 is 9.47 Å². The predicted molar refractivity (Wildman–Crippen MR) is 115 cm³/mol. The van der Waals surface area contributed by atoms with E-state index in [1.807, 2.05) is 53.9 Å². The smallest absolute Gasteiger partial charge is 0.284 e. The lowest BCUT2D eigenvalue weighted by molar-refractivity contribution is 0.0716. The average molecular weight is 427 g/mol. The molecule has 1 aromatic heterocycles. The fourth-order valence-corrected chi connectivity index (χ4v) is 4.31. The van der Waals surface area contributed by atoms with Gasteiger partial charge in [-0.25, -0.2) is 5.01 Å². The molecule has 1 amide bonds. The van der Waals surface area contributed by atoms with E-state index in [2.05, 4.69) is 0 Å². The Labute approximate surface area is 178 Å². The summed E-state index contributed by atoms with van der Waals surface area (Å²) in [5, 5.41) is 8.73. The molecule has 4 rings (SSSR count). The van der Waals surface area contributed by atoms with Crippen molar-refractivity contribution in [1.29, 1.82) is 0 Å². The van der Waals surface area contributed by atoms with Crippen molar-refractivity contribution in [1.82, 2.24) is 5.01 Å². The number of methoxy groups -OCH3 is 2. The molecule has 0 N–H and O–H groups in total. The summed E-state index contributed by atoms with van der Waals surface area (Å²) in [5.74, 6) is 1.19. The van der Waals surface area contributed by atoms with E-state index in [9.17, 15) is 4.79 Å². The Morgan fingerprint density at radius 1 is 1.14 bits per heavy atom. The molecule has 0 saturated carbocycles. The molecule has 2 heterocycles. The van der Waals surface area contributed by atoms with E-state index >= 15 is 0 Å². The number of amides is 1. The summed E-state index contributed by atoms with van der Waals surface area (Å²) < 4.78 is 10.8. The molecule has 0 radical (unpaired) electrons. The van der Waals surface area contributed by atoms with Gasteiger partial charge >= 0.3 is 0 Å². The second-order valence-corrected chi connectivity index (χ2v) is 7.84. The van der Waals surface area contributed by atoms with Gasteiger partial charge in [-0.1, -0.05) is 35.9 Å². The SMILES string of the molecule is COc1ccc(C2=NN(C(=O)c3cccs3)[C@H](c3ccccc3Cl)C2)c(OC)c1. The highest BCUT2D eigenvalue weighted by Crippen LogP contribution is 2.39. The minimum Gasteiger partial charge on any atom is -0.497 e. The van der Waals surface area contributed by atoms with Crippen molar-refractivity contribution in [3.05, 3.63) is 81.0 Å². The van der Waals surface area contributed by atoms with E-state index in [-0.39, 0.29) is 11.9 Å². The number of hydrogen-bond donors (Lipinski definition) is 0. The second kappa shape index (κ2) is 8.27. The van der Waals surface area contributed by atoms with Crippen molar-refractivity contribution < 1.29 is 14.3 Å². The van der Waals surface area contributed by atoms with E-state index in [0.29, 0.717) is 27.8 Å². The number of ether oxygens (including phenoxy) is 2. The summed E-state index contributed by atoms with van der Waals surface area (Å²) in [7, 11) is 3.21. The van der Waals surface area contributed by atoms with Crippen LogP contribution in [0.3, 0.4) is 0 Å². The molecule has 5 nitrogen and oxygen atoms in total.